The van der Waals surface area contributed by atoms with Crippen LogP contribution in [0.25, 0.3) is 0 Å². The molecular weight excluding hydrogens is 208 g/mol. The van der Waals surface area contributed by atoms with Crippen molar-refractivity contribution in [2.75, 3.05) is 39.4 Å². The lowest BCUT2D eigenvalue weighted by molar-refractivity contribution is -0.133. The average molecular weight is 230 g/mol. The Morgan fingerprint density at radius 3 is 2.75 bits per heavy atom. The van der Waals surface area contributed by atoms with Crippen molar-refractivity contribution in [1.82, 2.24) is 10.2 Å². The molecule has 5 nitrogen and oxygen atoms in total. The van der Waals surface area contributed by atoms with Crippen molar-refractivity contribution < 1.29 is 14.6 Å². The maximum Gasteiger partial charge on any atom is 0.236 e. The van der Waals surface area contributed by atoms with Crippen LogP contribution in [0.5, 0.6) is 0 Å². The summed E-state index contributed by atoms with van der Waals surface area (Å²) in [6.45, 7) is 5.24. The highest BCUT2D eigenvalue weighted by molar-refractivity contribution is 5.78. The van der Waals surface area contributed by atoms with Crippen molar-refractivity contribution in [1.29, 1.82) is 0 Å². The lowest BCUT2D eigenvalue weighted by Gasteiger charge is -2.32. The van der Waals surface area contributed by atoms with Crippen LogP contribution in [0.1, 0.15) is 19.8 Å². The van der Waals surface area contributed by atoms with Gasteiger partial charge >= 0.3 is 0 Å². The molecule has 0 atom stereocenters. The highest BCUT2D eigenvalue weighted by Crippen LogP contribution is 2.13. The Kier molecular flexibility index (Phi) is 6.37. The van der Waals surface area contributed by atoms with E-state index in [1.54, 1.807) is 0 Å². The van der Waals surface area contributed by atoms with Gasteiger partial charge in [0.15, 0.2) is 0 Å². The average Bonchev–Trinajstić information content (AvgIpc) is 2.34. The smallest absolute Gasteiger partial charge is 0.236 e. The molecule has 0 spiro atoms. The lowest BCUT2D eigenvalue weighted by Crippen LogP contribution is -2.44. The van der Waals surface area contributed by atoms with Gasteiger partial charge in [-0.3, -0.25) is 4.79 Å². The van der Waals surface area contributed by atoms with Crippen LogP contribution >= 0.6 is 0 Å². The van der Waals surface area contributed by atoms with Crippen molar-refractivity contribution in [3.63, 3.8) is 0 Å². The fourth-order valence-electron chi connectivity index (χ4n) is 1.83. The van der Waals surface area contributed by atoms with E-state index in [0.29, 0.717) is 13.2 Å². The molecule has 2 N–H and O–H groups in total. The number of nitrogens with zero attached hydrogens (tertiary/aromatic N) is 1. The number of carbonyl (C=O) groups is 1. The van der Waals surface area contributed by atoms with Crippen molar-refractivity contribution in [3.8, 4) is 0 Å². The van der Waals surface area contributed by atoms with Crippen LogP contribution in [-0.2, 0) is 9.53 Å². The number of carbonyl (C=O) groups excluding carboxylic acids is 1. The van der Waals surface area contributed by atoms with Gasteiger partial charge in [0.05, 0.1) is 25.9 Å². The first-order valence-corrected chi connectivity index (χ1v) is 5.99. The minimum absolute atomic E-state index is 0.0690. The fraction of sp³-hybridized carbons (Fsp3) is 0.909. The predicted molar refractivity (Wildman–Crippen MR) is 61.2 cm³/mol. The summed E-state index contributed by atoms with van der Waals surface area (Å²) >= 11 is 0. The van der Waals surface area contributed by atoms with Gasteiger partial charge in [0.25, 0.3) is 0 Å². The largest absolute Gasteiger partial charge is 0.394 e. The van der Waals surface area contributed by atoms with Crippen LogP contribution in [0, 0.1) is 0 Å². The molecule has 1 fully saturated rings. The van der Waals surface area contributed by atoms with E-state index >= 15 is 0 Å². The second-order valence-electron chi connectivity index (χ2n) is 3.95. The van der Waals surface area contributed by atoms with Crippen molar-refractivity contribution in [2.24, 2.45) is 0 Å². The molecule has 1 amide bonds. The molecule has 1 aliphatic rings. The molecule has 0 unspecified atom stereocenters. The van der Waals surface area contributed by atoms with E-state index in [9.17, 15) is 4.79 Å². The van der Waals surface area contributed by atoms with Gasteiger partial charge in [-0.15, -0.1) is 0 Å². The Bertz CT molecular complexity index is 203. The number of hydrogen-bond donors (Lipinski definition) is 2. The van der Waals surface area contributed by atoms with Crippen LogP contribution < -0.4 is 5.32 Å². The molecule has 0 aromatic heterocycles. The first-order chi connectivity index (χ1) is 7.77. The normalized spacial score (nSPS) is 17.8. The van der Waals surface area contributed by atoms with Crippen molar-refractivity contribution in [2.45, 2.75) is 25.9 Å². The molecule has 94 valence electrons. The quantitative estimate of drug-likeness (QED) is 0.651. The lowest BCUT2D eigenvalue weighted by atomic mass is 10.1. The Hall–Kier alpha value is -0.650. The third-order valence-corrected chi connectivity index (χ3v) is 2.77. The van der Waals surface area contributed by atoms with E-state index in [1.807, 2.05) is 11.8 Å². The molecule has 1 aliphatic heterocycles. The second kappa shape index (κ2) is 7.60. The molecule has 0 bridgehead atoms. The summed E-state index contributed by atoms with van der Waals surface area (Å²) in [6, 6.07) is 0. The zero-order valence-corrected chi connectivity index (χ0v) is 9.95. The number of amides is 1. The molecule has 5 heteroatoms. The standard InChI is InChI=1S/C11H22N2O3/c1-2-12-9-11(15)13-5-3-10(4-6-13)16-8-7-14/h10,12,14H,2-9H2,1H3. The second-order valence-corrected chi connectivity index (χ2v) is 3.95. The zero-order chi connectivity index (χ0) is 11.8. The Morgan fingerprint density at radius 1 is 1.50 bits per heavy atom. The third kappa shape index (κ3) is 4.47. The van der Waals surface area contributed by atoms with E-state index in [4.69, 9.17) is 9.84 Å². The minimum atomic E-state index is 0.0690. The maximum atomic E-state index is 11.7. The summed E-state index contributed by atoms with van der Waals surface area (Å²) in [4.78, 5) is 13.5. The first-order valence-electron chi connectivity index (χ1n) is 5.99. The van der Waals surface area contributed by atoms with Crippen LogP contribution in [0.15, 0.2) is 0 Å². The number of aliphatic hydroxyl groups excluding tert-OH is 1. The fourth-order valence-corrected chi connectivity index (χ4v) is 1.83. The number of hydrogen-bond acceptors (Lipinski definition) is 4. The summed E-state index contributed by atoms with van der Waals surface area (Å²) in [5.41, 5.74) is 0. The third-order valence-electron chi connectivity index (χ3n) is 2.77. The number of aliphatic hydroxyl groups is 1. The Morgan fingerprint density at radius 2 is 2.19 bits per heavy atom. The zero-order valence-electron chi connectivity index (χ0n) is 9.95. The van der Waals surface area contributed by atoms with E-state index in [1.165, 1.54) is 0 Å². The van der Waals surface area contributed by atoms with Crippen LogP contribution in [0.4, 0.5) is 0 Å². The molecule has 1 heterocycles. The number of nitrogens with one attached hydrogen (secondary N) is 1. The topological polar surface area (TPSA) is 61.8 Å². The molecule has 0 saturated carbocycles. The molecule has 1 rings (SSSR count). The summed E-state index contributed by atoms with van der Waals surface area (Å²) < 4.78 is 5.44. The number of ether oxygens (including phenoxy) is 1. The molecule has 1 saturated heterocycles. The number of likely N-dealkylation sites (N-methyl/N-ethyl adjacent to an activating group) is 1. The van der Waals surface area contributed by atoms with Crippen LogP contribution in [0.2, 0.25) is 0 Å². The molecular formula is C11H22N2O3. The Balaban J connectivity index is 2.18. The maximum absolute atomic E-state index is 11.7. The van der Waals surface area contributed by atoms with Crippen LogP contribution in [-0.4, -0.2) is 61.4 Å². The van der Waals surface area contributed by atoms with Gasteiger partial charge in [0.2, 0.25) is 5.91 Å². The summed E-state index contributed by atoms with van der Waals surface area (Å²) in [5.74, 6) is 0.169. The van der Waals surface area contributed by atoms with Gasteiger partial charge in [0.1, 0.15) is 0 Å². The molecule has 0 aromatic carbocycles. The van der Waals surface area contributed by atoms with E-state index < -0.39 is 0 Å². The van der Waals surface area contributed by atoms with Crippen LogP contribution in [0.3, 0.4) is 0 Å². The van der Waals surface area contributed by atoms with Gasteiger partial charge in [-0.05, 0) is 19.4 Å². The first kappa shape index (κ1) is 13.4. The monoisotopic (exact) mass is 230 g/mol. The summed E-state index contributed by atoms with van der Waals surface area (Å²) in [6.07, 6.45) is 1.95. The highest BCUT2D eigenvalue weighted by atomic mass is 16.5. The van der Waals surface area contributed by atoms with E-state index in [2.05, 4.69) is 5.32 Å². The molecule has 0 radical (unpaired) electrons. The molecule has 16 heavy (non-hydrogen) atoms. The van der Waals surface area contributed by atoms with Crippen molar-refractivity contribution in [3.05, 3.63) is 0 Å². The highest BCUT2D eigenvalue weighted by Gasteiger charge is 2.22. The van der Waals surface area contributed by atoms with E-state index in [-0.39, 0.29) is 18.6 Å². The Labute approximate surface area is 96.8 Å². The van der Waals surface area contributed by atoms with E-state index in [0.717, 1.165) is 32.5 Å². The van der Waals surface area contributed by atoms with Gasteiger partial charge in [-0.1, -0.05) is 6.92 Å². The van der Waals surface area contributed by atoms with Gasteiger partial charge in [-0.2, -0.15) is 0 Å². The number of rotatable bonds is 6. The van der Waals surface area contributed by atoms with Gasteiger partial charge in [-0.25, -0.2) is 0 Å². The predicted octanol–water partition coefficient (Wildman–Crippen LogP) is -0.404. The summed E-state index contributed by atoms with van der Waals surface area (Å²) in [7, 11) is 0. The summed E-state index contributed by atoms with van der Waals surface area (Å²) in [5, 5.41) is 11.7. The minimum Gasteiger partial charge on any atom is -0.394 e. The van der Waals surface area contributed by atoms with Gasteiger partial charge < -0.3 is 20.1 Å². The SMILES string of the molecule is CCNCC(=O)N1CCC(OCCO)CC1. The van der Waals surface area contributed by atoms with Crippen molar-refractivity contribution >= 4 is 5.91 Å². The van der Waals surface area contributed by atoms with Gasteiger partial charge in [0, 0.05) is 13.1 Å². The number of likely N-dealkylation sites (tertiary alicyclic amines) is 1. The molecule has 0 aliphatic carbocycles. The number of piperidine rings is 1. The molecule has 0 aromatic rings.